The van der Waals surface area contributed by atoms with Crippen molar-refractivity contribution in [2.75, 3.05) is 0 Å². The first-order valence-electron chi connectivity index (χ1n) is 4.10. The van der Waals surface area contributed by atoms with Gasteiger partial charge in [0.15, 0.2) is 0 Å². The number of hydrogen-bond acceptors (Lipinski definition) is 3. The van der Waals surface area contributed by atoms with E-state index in [0.29, 0.717) is 6.21 Å². The number of carboxylic acids is 1. The molecule has 0 fully saturated rings. The maximum atomic E-state index is 10.7. The molecule has 0 aliphatic heterocycles. The Labute approximate surface area is 101 Å². The van der Waals surface area contributed by atoms with Crippen LogP contribution < -0.4 is 0 Å². The van der Waals surface area contributed by atoms with E-state index in [9.17, 15) is 9.90 Å². The number of aliphatic hydroxyl groups excluding tert-OH is 1. The first kappa shape index (κ1) is 12.5. The number of rotatable bonds is 3. The summed E-state index contributed by atoms with van der Waals surface area (Å²) in [6.07, 6.45) is 0.537. The highest BCUT2D eigenvalue weighted by molar-refractivity contribution is 6.43. The van der Waals surface area contributed by atoms with E-state index in [1.54, 1.807) is 0 Å². The normalized spacial score (nSPS) is 11.9. The summed E-state index contributed by atoms with van der Waals surface area (Å²) in [5.41, 5.74) is -0.473. The number of nitrogens with one attached hydrogen (secondary N) is 1. The van der Waals surface area contributed by atoms with E-state index in [-0.39, 0.29) is 15.6 Å². The zero-order valence-corrected chi connectivity index (χ0v) is 9.38. The minimum Gasteiger partial charge on any atom is -0.506 e. The highest BCUT2D eigenvalue weighted by Crippen LogP contribution is 2.30. The van der Waals surface area contributed by atoms with Crippen LogP contribution in [0.15, 0.2) is 23.8 Å². The summed E-state index contributed by atoms with van der Waals surface area (Å²) in [4.78, 5) is 10.7. The number of halogens is 2. The van der Waals surface area contributed by atoms with Gasteiger partial charge in [-0.3, -0.25) is 0 Å². The number of aliphatic hydroxyl groups is 1. The van der Waals surface area contributed by atoms with E-state index in [2.05, 4.69) is 0 Å². The average molecular weight is 260 g/mol. The molecule has 0 bridgehead atoms. The highest BCUT2D eigenvalue weighted by Gasteiger charge is 2.16. The maximum Gasteiger partial charge on any atom is 0.341 e. The Morgan fingerprint density at radius 3 is 2.44 bits per heavy atom. The quantitative estimate of drug-likeness (QED) is 0.444. The summed E-state index contributed by atoms with van der Waals surface area (Å²) in [5, 5.41) is 25.5. The van der Waals surface area contributed by atoms with Gasteiger partial charge in [-0.1, -0.05) is 29.3 Å². The molecule has 4 nitrogen and oxygen atoms in total. The Kier molecular flexibility index (Phi) is 3.93. The lowest BCUT2D eigenvalue weighted by Crippen LogP contribution is -2.05. The fraction of sp³-hybridized carbons (Fsp3) is 0. The van der Waals surface area contributed by atoms with Gasteiger partial charge in [0.05, 0.1) is 10.0 Å². The second-order valence-electron chi connectivity index (χ2n) is 2.81. The lowest BCUT2D eigenvalue weighted by molar-refractivity contribution is -0.132. The highest BCUT2D eigenvalue weighted by atomic mass is 35.5. The molecule has 0 atom stereocenters. The van der Waals surface area contributed by atoms with Crippen molar-refractivity contribution in [3.63, 3.8) is 0 Å². The molecule has 0 radical (unpaired) electrons. The van der Waals surface area contributed by atoms with Gasteiger partial charge in [0.25, 0.3) is 0 Å². The van der Waals surface area contributed by atoms with Gasteiger partial charge in [0.1, 0.15) is 11.3 Å². The molecule has 0 unspecified atom stereocenters. The van der Waals surface area contributed by atoms with Crippen LogP contribution >= 0.6 is 23.2 Å². The Bertz CT molecular complexity index is 483. The zero-order chi connectivity index (χ0) is 12.3. The third-order valence-electron chi connectivity index (χ3n) is 1.84. The number of benzene rings is 1. The number of carboxylic acid groups (broad SMARTS) is 1. The van der Waals surface area contributed by atoms with Crippen molar-refractivity contribution in [3.8, 4) is 0 Å². The molecule has 6 heteroatoms. The van der Waals surface area contributed by atoms with Crippen LogP contribution in [-0.2, 0) is 4.79 Å². The van der Waals surface area contributed by atoms with Crippen molar-refractivity contribution in [1.82, 2.24) is 0 Å². The molecule has 0 aliphatic rings. The summed E-state index contributed by atoms with van der Waals surface area (Å²) in [7, 11) is 0. The SMILES string of the molecule is N=CC(C(=O)O)=C(O)c1cccc(Cl)c1Cl. The van der Waals surface area contributed by atoms with E-state index in [1.165, 1.54) is 18.2 Å². The maximum absolute atomic E-state index is 10.7. The standard InChI is InChI=1S/C10H7Cl2NO3/c11-7-3-1-2-5(8(7)12)9(14)6(4-13)10(15)16/h1-4,13-14H,(H,15,16). The molecule has 0 spiro atoms. The van der Waals surface area contributed by atoms with E-state index in [1.807, 2.05) is 0 Å². The number of aliphatic carboxylic acids is 1. The van der Waals surface area contributed by atoms with E-state index >= 15 is 0 Å². The van der Waals surface area contributed by atoms with Crippen LogP contribution in [0.2, 0.25) is 10.0 Å². The largest absolute Gasteiger partial charge is 0.506 e. The van der Waals surface area contributed by atoms with Crippen LogP contribution in [-0.4, -0.2) is 22.4 Å². The van der Waals surface area contributed by atoms with Gasteiger partial charge in [0.2, 0.25) is 0 Å². The van der Waals surface area contributed by atoms with Crippen LogP contribution in [0.3, 0.4) is 0 Å². The lowest BCUT2D eigenvalue weighted by Gasteiger charge is -2.06. The summed E-state index contributed by atoms with van der Waals surface area (Å²) < 4.78 is 0. The second kappa shape index (κ2) is 5.01. The van der Waals surface area contributed by atoms with Gasteiger partial charge in [-0.25, -0.2) is 4.79 Å². The van der Waals surface area contributed by atoms with Crippen molar-refractivity contribution in [3.05, 3.63) is 39.4 Å². The molecular weight excluding hydrogens is 253 g/mol. The van der Waals surface area contributed by atoms with Crippen LogP contribution in [0.5, 0.6) is 0 Å². The molecule has 0 saturated heterocycles. The van der Waals surface area contributed by atoms with E-state index in [0.717, 1.165) is 0 Å². The first-order valence-corrected chi connectivity index (χ1v) is 4.86. The van der Waals surface area contributed by atoms with Crippen molar-refractivity contribution < 1.29 is 15.0 Å². The minimum atomic E-state index is -1.41. The van der Waals surface area contributed by atoms with Gasteiger partial charge in [-0.2, -0.15) is 0 Å². The third-order valence-corrected chi connectivity index (χ3v) is 2.66. The monoisotopic (exact) mass is 259 g/mol. The lowest BCUT2D eigenvalue weighted by atomic mass is 10.1. The van der Waals surface area contributed by atoms with Crippen LogP contribution in [0, 0.1) is 5.41 Å². The van der Waals surface area contributed by atoms with Gasteiger partial charge >= 0.3 is 5.97 Å². The molecule has 84 valence electrons. The molecule has 16 heavy (non-hydrogen) atoms. The molecule has 1 aromatic rings. The van der Waals surface area contributed by atoms with E-state index < -0.39 is 17.3 Å². The fourth-order valence-electron chi connectivity index (χ4n) is 1.06. The predicted molar refractivity (Wildman–Crippen MR) is 62.4 cm³/mol. The van der Waals surface area contributed by atoms with Crippen LogP contribution in [0.1, 0.15) is 5.56 Å². The van der Waals surface area contributed by atoms with Gasteiger partial charge in [0, 0.05) is 11.8 Å². The third kappa shape index (κ3) is 2.35. The zero-order valence-electron chi connectivity index (χ0n) is 7.87. The summed E-state index contributed by atoms with van der Waals surface area (Å²) in [5.74, 6) is -2.00. The molecule has 0 aliphatic carbocycles. The Hall–Kier alpha value is -1.52. The van der Waals surface area contributed by atoms with Crippen molar-refractivity contribution in [1.29, 1.82) is 5.41 Å². The number of carbonyl (C=O) groups is 1. The topological polar surface area (TPSA) is 81.4 Å². The Morgan fingerprint density at radius 1 is 1.31 bits per heavy atom. The van der Waals surface area contributed by atoms with Gasteiger partial charge in [-0.15, -0.1) is 0 Å². The smallest absolute Gasteiger partial charge is 0.341 e. The molecule has 3 N–H and O–H groups in total. The second-order valence-corrected chi connectivity index (χ2v) is 3.60. The Balaban J connectivity index is 3.44. The van der Waals surface area contributed by atoms with Crippen LogP contribution in [0.25, 0.3) is 5.76 Å². The fourth-order valence-corrected chi connectivity index (χ4v) is 1.45. The van der Waals surface area contributed by atoms with Gasteiger partial charge in [-0.05, 0) is 12.1 Å². The average Bonchev–Trinajstić information content (AvgIpc) is 2.22. The molecule has 0 aromatic heterocycles. The molecule has 0 saturated carbocycles. The minimum absolute atomic E-state index is 0.0438. The predicted octanol–water partition coefficient (Wildman–Crippen LogP) is 3.00. The summed E-state index contributed by atoms with van der Waals surface area (Å²) in [6.45, 7) is 0. The molecule has 1 aromatic carbocycles. The van der Waals surface area contributed by atoms with Crippen molar-refractivity contribution in [2.24, 2.45) is 0 Å². The number of hydrogen-bond donors (Lipinski definition) is 3. The van der Waals surface area contributed by atoms with E-state index in [4.69, 9.17) is 33.7 Å². The van der Waals surface area contributed by atoms with Gasteiger partial charge < -0.3 is 15.6 Å². The summed E-state index contributed by atoms with van der Waals surface area (Å²) in [6, 6.07) is 4.44. The molecule has 0 amide bonds. The van der Waals surface area contributed by atoms with Crippen molar-refractivity contribution >= 4 is 41.1 Å². The van der Waals surface area contributed by atoms with Crippen molar-refractivity contribution in [2.45, 2.75) is 0 Å². The Morgan fingerprint density at radius 2 is 1.94 bits per heavy atom. The molecular formula is C10H7Cl2NO3. The van der Waals surface area contributed by atoms with Crippen LogP contribution in [0.4, 0.5) is 0 Å². The first-order chi connectivity index (χ1) is 7.49. The molecule has 0 heterocycles. The summed E-state index contributed by atoms with van der Waals surface area (Å²) >= 11 is 11.5. The molecule has 1 rings (SSSR count).